The standard InChI is InChI=1S/C4H8.Pb.2H/c1-3-4-2;;;/h1-4H2;;;. The molecular weight excluding hydrogens is 255 g/mol. The first-order valence-corrected chi connectivity index (χ1v) is 10.3. The molecule has 1 heterocycles. The monoisotopic (exact) mass is 266 g/mol. The summed E-state index contributed by atoms with van der Waals surface area (Å²) in [5.41, 5.74) is 0. The second kappa shape index (κ2) is 2.16. The van der Waals surface area contributed by atoms with Crippen LogP contribution >= 0.6 is 0 Å². The summed E-state index contributed by atoms with van der Waals surface area (Å²) in [6, 6.07) is 0. The van der Waals surface area contributed by atoms with E-state index in [9.17, 15) is 0 Å². The fraction of sp³-hybridized carbons (Fsp3) is 1.00. The summed E-state index contributed by atoms with van der Waals surface area (Å²) in [5.74, 6) is 0. The second-order valence-corrected chi connectivity index (χ2v) is 10.0. The molecule has 0 aromatic heterocycles. The maximum absolute atomic E-state index is 1.72. The van der Waals surface area contributed by atoms with E-state index in [2.05, 4.69) is 0 Å². The summed E-state index contributed by atoms with van der Waals surface area (Å²) in [6.07, 6.45) is 3.20. The van der Waals surface area contributed by atoms with E-state index in [0.717, 1.165) is 0 Å². The van der Waals surface area contributed by atoms with E-state index in [1.165, 1.54) is 0 Å². The van der Waals surface area contributed by atoms with Gasteiger partial charge in [0.2, 0.25) is 0 Å². The molecule has 0 N–H and O–H groups in total. The van der Waals surface area contributed by atoms with Crippen molar-refractivity contribution in [2.24, 2.45) is 0 Å². The van der Waals surface area contributed by atoms with Crippen LogP contribution in [0, 0.1) is 0 Å². The molecule has 0 atom stereocenters. The summed E-state index contributed by atoms with van der Waals surface area (Å²) in [7, 11) is 0. The predicted molar refractivity (Wildman–Crippen MR) is 27.4 cm³/mol. The minimum atomic E-state index is -0.0309. The Morgan fingerprint density at radius 2 is 1.60 bits per heavy atom. The summed E-state index contributed by atoms with van der Waals surface area (Å²) in [5, 5.41) is 0. The molecule has 0 radical (unpaired) electrons. The van der Waals surface area contributed by atoms with E-state index in [1.807, 2.05) is 0 Å². The van der Waals surface area contributed by atoms with Gasteiger partial charge in [-0.3, -0.25) is 0 Å². The second-order valence-electron chi connectivity index (χ2n) is 1.77. The topological polar surface area (TPSA) is 0 Å². The van der Waals surface area contributed by atoms with Crippen LogP contribution in [0.3, 0.4) is 0 Å². The Morgan fingerprint density at radius 3 is 1.80 bits per heavy atom. The third-order valence-electron chi connectivity index (χ3n) is 1.25. The van der Waals surface area contributed by atoms with E-state index in [0.29, 0.717) is 0 Å². The van der Waals surface area contributed by atoms with Crippen molar-refractivity contribution in [1.29, 1.82) is 0 Å². The molecule has 30 valence electrons. The molecule has 1 saturated heterocycles. The van der Waals surface area contributed by atoms with Crippen molar-refractivity contribution in [3.8, 4) is 0 Å². The SMILES string of the molecule is C1C[CH2][PbH2][CH2]1. The zero-order valence-electron chi connectivity index (χ0n) is 3.54. The van der Waals surface area contributed by atoms with Gasteiger partial charge in [-0.05, 0) is 0 Å². The molecule has 1 heteroatoms. The molecular formula is C4H10Pb. The molecule has 0 amide bonds. The molecule has 0 nitrogen and oxygen atoms in total. The van der Waals surface area contributed by atoms with Crippen molar-refractivity contribution in [1.82, 2.24) is 0 Å². The van der Waals surface area contributed by atoms with Crippen LogP contribution in [0.2, 0.25) is 7.96 Å². The molecule has 5 heavy (non-hydrogen) atoms. The number of hydrogen-bond donors (Lipinski definition) is 0. The molecule has 0 aliphatic carbocycles. The van der Waals surface area contributed by atoms with Crippen molar-refractivity contribution in [2.45, 2.75) is 20.8 Å². The molecule has 1 rings (SSSR count). The number of rotatable bonds is 0. The van der Waals surface area contributed by atoms with Crippen molar-refractivity contribution < 1.29 is 0 Å². The molecule has 0 bridgehead atoms. The molecule has 0 aromatic carbocycles. The first kappa shape index (κ1) is 4.09. The average molecular weight is 265 g/mol. The third-order valence-corrected chi connectivity index (χ3v) is 9.02. The van der Waals surface area contributed by atoms with Crippen LogP contribution in [0.1, 0.15) is 12.8 Å². The van der Waals surface area contributed by atoms with Crippen molar-refractivity contribution in [2.75, 3.05) is 0 Å². The summed E-state index contributed by atoms with van der Waals surface area (Å²) >= 11 is -0.0309. The molecule has 0 saturated carbocycles. The Bertz CT molecular complexity index is 15.2. The van der Waals surface area contributed by atoms with Gasteiger partial charge < -0.3 is 0 Å². The summed E-state index contributed by atoms with van der Waals surface area (Å²) in [6.45, 7) is 0. The van der Waals surface area contributed by atoms with E-state index in [-0.39, 0.29) is 24.2 Å². The first-order valence-electron chi connectivity index (χ1n) is 2.50. The zero-order chi connectivity index (χ0) is 3.54. The van der Waals surface area contributed by atoms with E-state index in [4.69, 9.17) is 0 Å². The van der Waals surface area contributed by atoms with E-state index >= 15 is 0 Å². The molecule has 1 fully saturated rings. The van der Waals surface area contributed by atoms with Gasteiger partial charge in [-0.2, -0.15) is 0 Å². The average Bonchev–Trinajstić information content (AvgIpc) is 1.76. The van der Waals surface area contributed by atoms with Gasteiger partial charge in [-0.1, -0.05) is 0 Å². The van der Waals surface area contributed by atoms with Crippen LogP contribution in [-0.2, 0) is 0 Å². The Morgan fingerprint density at radius 1 is 1.00 bits per heavy atom. The van der Waals surface area contributed by atoms with E-state index < -0.39 is 0 Å². The van der Waals surface area contributed by atoms with Crippen LogP contribution in [0.5, 0.6) is 0 Å². The van der Waals surface area contributed by atoms with Crippen LogP contribution < -0.4 is 0 Å². The first-order chi connectivity index (χ1) is 2.50. The van der Waals surface area contributed by atoms with Gasteiger partial charge in [0.15, 0.2) is 0 Å². The third kappa shape index (κ3) is 1.20. The molecule has 0 aromatic rings. The van der Waals surface area contributed by atoms with Crippen molar-refractivity contribution in [3.63, 3.8) is 0 Å². The Hall–Kier alpha value is 0.922. The van der Waals surface area contributed by atoms with Gasteiger partial charge in [0.05, 0.1) is 0 Å². The summed E-state index contributed by atoms with van der Waals surface area (Å²) in [4.78, 5) is 0. The maximum atomic E-state index is 1.72. The van der Waals surface area contributed by atoms with Crippen molar-refractivity contribution in [3.05, 3.63) is 0 Å². The van der Waals surface area contributed by atoms with Gasteiger partial charge >= 0.3 is 45.0 Å². The fourth-order valence-corrected chi connectivity index (χ4v) is 7.76. The summed E-state index contributed by atoms with van der Waals surface area (Å²) < 4.78 is 3.44. The van der Waals surface area contributed by atoms with Gasteiger partial charge in [0, 0.05) is 0 Å². The van der Waals surface area contributed by atoms with Gasteiger partial charge in [0.25, 0.3) is 0 Å². The normalized spacial score (nSPS) is 24.0. The van der Waals surface area contributed by atoms with Crippen LogP contribution in [0.25, 0.3) is 0 Å². The van der Waals surface area contributed by atoms with Crippen LogP contribution in [-0.4, -0.2) is 24.2 Å². The Labute approximate surface area is 45.2 Å². The molecule has 1 aliphatic rings. The van der Waals surface area contributed by atoms with Gasteiger partial charge in [-0.15, -0.1) is 0 Å². The molecule has 1 aliphatic heterocycles. The van der Waals surface area contributed by atoms with Gasteiger partial charge in [0.1, 0.15) is 0 Å². The van der Waals surface area contributed by atoms with E-state index in [1.54, 1.807) is 20.8 Å². The van der Waals surface area contributed by atoms with Crippen molar-refractivity contribution >= 4 is 24.2 Å². The van der Waals surface area contributed by atoms with Crippen LogP contribution in [0.15, 0.2) is 0 Å². The predicted octanol–water partition coefficient (Wildman–Crippen LogP) is 0.786. The minimum absolute atomic E-state index is 0.0309. The fourth-order valence-electron chi connectivity index (χ4n) is 0.884. The quantitative estimate of drug-likeness (QED) is 0.568. The van der Waals surface area contributed by atoms with Gasteiger partial charge in [-0.25, -0.2) is 0 Å². The molecule has 0 spiro atoms. The Balaban J connectivity index is 2.08. The zero-order valence-corrected chi connectivity index (χ0v) is 9.03. The Kier molecular flexibility index (Phi) is 1.77. The molecule has 0 unspecified atom stereocenters. The van der Waals surface area contributed by atoms with Crippen LogP contribution in [0.4, 0.5) is 0 Å². The number of hydrogen-bond acceptors (Lipinski definition) is 0.